The molecule has 0 fully saturated rings. The summed E-state index contributed by atoms with van der Waals surface area (Å²) in [4.78, 5) is 0. The summed E-state index contributed by atoms with van der Waals surface area (Å²) in [5, 5.41) is 4.95. The Morgan fingerprint density at radius 1 is 0.661 bits per heavy atom. The summed E-state index contributed by atoms with van der Waals surface area (Å²) >= 11 is 0. The van der Waals surface area contributed by atoms with Crippen LogP contribution in [0, 0.1) is 11.8 Å². The van der Waals surface area contributed by atoms with Crippen molar-refractivity contribution in [2.75, 3.05) is 0 Å². The quantitative estimate of drug-likeness (QED) is 0.103. The van der Waals surface area contributed by atoms with E-state index in [-0.39, 0.29) is 0 Å². The maximum atomic E-state index is 4.51. The standard InChI is InChI=1S/C62H60/c1-7-47(38-39-53(43(2)3)50-28-19-18-22-44(4)32-34-50)61-55-30-20-21-31-56(55)62(52-37-36-51(35-33-45(5)40-52)54-29-17-9-8-12-23-46(54)6)60-42-58(49-26-15-11-16-27-49)57(41-59(60)61)48-24-13-10-14-25-48/h7-11,13-22,24-31,35-43,45H,1,12,23,32-34H2,2-6H3/b9-8-,19-18-,29-17-,37-36-,44-22?,47-38+,50-28+,51-35-,52-40+,53-39+,54-46?. The summed E-state index contributed by atoms with van der Waals surface area (Å²) in [6, 6.07) is 35.9. The average Bonchev–Trinajstić information content (AvgIpc) is 3.27. The summed E-state index contributed by atoms with van der Waals surface area (Å²) in [5.74, 6) is 0.705. The maximum Gasteiger partial charge on any atom is -0.00264 e. The molecule has 0 heteroatoms. The largest absolute Gasteiger partial charge is 0.0984 e. The monoisotopic (exact) mass is 804 g/mol. The lowest BCUT2D eigenvalue weighted by atomic mass is 9.81. The Kier molecular flexibility index (Phi) is 13.3. The van der Waals surface area contributed by atoms with Crippen molar-refractivity contribution >= 4 is 32.7 Å². The zero-order valence-electron chi connectivity index (χ0n) is 37.3. The smallest absolute Gasteiger partial charge is 0.00264 e. The molecule has 0 aromatic heterocycles. The van der Waals surface area contributed by atoms with E-state index in [1.54, 1.807) is 0 Å². The number of benzene rings is 5. The molecule has 1 atom stereocenters. The van der Waals surface area contributed by atoms with Crippen molar-refractivity contribution in [2.45, 2.75) is 66.7 Å². The molecule has 0 aliphatic heterocycles. The minimum absolute atomic E-state index is 0.342. The summed E-state index contributed by atoms with van der Waals surface area (Å²) in [5.41, 5.74) is 18.0. The summed E-state index contributed by atoms with van der Waals surface area (Å²) in [7, 11) is 0. The number of fused-ring (bicyclic) bond motifs is 2. The Balaban J connectivity index is 1.43. The van der Waals surface area contributed by atoms with Gasteiger partial charge in [-0.15, -0.1) is 0 Å². The second-order valence-corrected chi connectivity index (χ2v) is 17.5. The highest BCUT2D eigenvalue weighted by Gasteiger charge is 2.22. The van der Waals surface area contributed by atoms with Crippen LogP contribution in [0.5, 0.6) is 0 Å². The van der Waals surface area contributed by atoms with Crippen molar-refractivity contribution < 1.29 is 0 Å². The van der Waals surface area contributed by atoms with Gasteiger partial charge >= 0.3 is 0 Å². The third kappa shape index (κ3) is 9.21. The number of hydrogen-bond donors (Lipinski definition) is 0. The molecule has 0 saturated heterocycles. The second-order valence-electron chi connectivity index (χ2n) is 17.5. The van der Waals surface area contributed by atoms with Crippen molar-refractivity contribution in [2.24, 2.45) is 11.8 Å². The molecule has 0 nitrogen and oxygen atoms in total. The van der Waals surface area contributed by atoms with Gasteiger partial charge < -0.3 is 0 Å². The lowest BCUT2D eigenvalue weighted by Gasteiger charge is -2.23. The maximum absolute atomic E-state index is 4.51. The normalized spacial score (nSPS) is 22.3. The van der Waals surface area contributed by atoms with Gasteiger partial charge in [-0.05, 0) is 158 Å². The van der Waals surface area contributed by atoms with Crippen molar-refractivity contribution in [3.63, 3.8) is 0 Å². The molecule has 1 unspecified atom stereocenters. The predicted molar refractivity (Wildman–Crippen MR) is 273 cm³/mol. The Morgan fingerprint density at radius 3 is 2.03 bits per heavy atom. The van der Waals surface area contributed by atoms with Gasteiger partial charge in [0.15, 0.2) is 0 Å². The van der Waals surface area contributed by atoms with Crippen LogP contribution in [0.2, 0.25) is 0 Å². The minimum Gasteiger partial charge on any atom is -0.0984 e. The Bertz CT molecular complexity index is 2840. The van der Waals surface area contributed by atoms with Gasteiger partial charge in [0.1, 0.15) is 0 Å². The lowest BCUT2D eigenvalue weighted by molar-refractivity contribution is 0.743. The van der Waals surface area contributed by atoms with E-state index < -0.39 is 0 Å². The van der Waals surface area contributed by atoms with Gasteiger partial charge in [-0.2, -0.15) is 0 Å². The second kappa shape index (κ2) is 19.5. The first-order valence-electron chi connectivity index (χ1n) is 22.7. The van der Waals surface area contributed by atoms with Crippen molar-refractivity contribution in [1.82, 2.24) is 0 Å². The van der Waals surface area contributed by atoms with Gasteiger partial charge in [-0.1, -0.05) is 215 Å². The van der Waals surface area contributed by atoms with E-state index in [9.17, 15) is 0 Å². The fourth-order valence-corrected chi connectivity index (χ4v) is 9.39. The van der Waals surface area contributed by atoms with Crippen LogP contribution in [0.15, 0.2) is 228 Å². The summed E-state index contributed by atoms with van der Waals surface area (Å²) in [6.45, 7) is 16.0. The molecular formula is C62H60. The van der Waals surface area contributed by atoms with Crippen LogP contribution in [0.1, 0.15) is 77.8 Å². The zero-order valence-corrected chi connectivity index (χ0v) is 37.3. The molecule has 0 radical (unpaired) electrons. The molecule has 0 heterocycles. The highest BCUT2D eigenvalue weighted by atomic mass is 14.3. The molecule has 0 amide bonds. The Hall–Kier alpha value is -6.50. The van der Waals surface area contributed by atoms with E-state index in [1.807, 2.05) is 0 Å². The Labute approximate surface area is 371 Å². The van der Waals surface area contributed by atoms with E-state index >= 15 is 0 Å². The fraction of sp³-hybridized carbons (Fsp3) is 0.194. The lowest BCUT2D eigenvalue weighted by Crippen LogP contribution is -2.01. The van der Waals surface area contributed by atoms with E-state index in [4.69, 9.17) is 0 Å². The minimum atomic E-state index is 0.342. The van der Waals surface area contributed by atoms with Gasteiger partial charge in [0.25, 0.3) is 0 Å². The Morgan fingerprint density at radius 2 is 1.32 bits per heavy atom. The molecule has 0 spiro atoms. The molecule has 3 aliphatic carbocycles. The van der Waals surface area contributed by atoms with E-state index in [0.29, 0.717) is 11.8 Å². The van der Waals surface area contributed by atoms with Crippen LogP contribution in [0.3, 0.4) is 0 Å². The SMILES string of the molecule is C=C\C(=C/C=C(/C1=C/C=C\C=C(C)CC1)C(C)C)c1c2ccccc2c(C2=C/C(C)C/C=C(C3=C(C)CC/C=C\C=C/3)/C=C\2)c2cc(-c3ccccc3)c(-c3ccccc3)cc12. The number of allylic oxidation sites excluding steroid dienone is 23. The van der Waals surface area contributed by atoms with Crippen LogP contribution < -0.4 is 0 Å². The third-order valence-corrected chi connectivity index (χ3v) is 12.7. The van der Waals surface area contributed by atoms with Crippen LogP contribution in [0.25, 0.3) is 54.9 Å². The topological polar surface area (TPSA) is 0 Å². The van der Waals surface area contributed by atoms with Crippen LogP contribution >= 0.6 is 0 Å². The highest BCUT2D eigenvalue weighted by molar-refractivity contribution is 6.19. The number of rotatable bonds is 9. The predicted octanol–water partition coefficient (Wildman–Crippen LogP) is 17.8. The van der Waals surface area contributed by atoms with E-state index in [0.717, 1.165) is 37.7 Å². The molecule has 308 valence electrons. The first kappa shape index (κ1) is 42.2. The highest BCUT2D eigenvalue weighted by Crippen LogP contribution is 2.46. The van der Waals surface area contributed by atoms with Gasteiger partial charge in [0, 0.05) is 0 Å². The summed E-state index contributed by atoms with van der Waals surface area (Å²) < 4.78 is 0. The number of hydrogen-bond acceptors (Lipinski definition) is 0. The van der Waals surface area contributed by atoms with Crippen LogP contribution in [-0.2, 0) is 0 Å². The van der Waals surface area contributed by atoms with Crippen LogP contribution in [0.4, 0.5) is 0 Å². The van der Waals surface area contributed by atoms with Gasteiger partial charge in [-0.3, -0.25) is 0 Å². The van der Waals surface area contributed by atoms with Crippen molar-refractivity contribution in [1.29, 1.82) is 0 Å². The molecule has 8 rings (SSSR count). The molecule has 0 saturated carbocycles. The van der Waals surface area contributed by atoms with Crippen molar-refractivity contribution in [3.05, 3.63) is 239 Å². The molecule has 62 heavy (non-hydrogen) atoms. The average molecular weight is 805 g/mol. The van der Waals surface area contributed by atoms with Gasteiger partial charge in [0.2, 0.25) is 0 Å². The fourth-order valence-electron chi connectivity index (χ4n) is 9.39. The molecule has 0 N–H and O–H groups in total. The molecule has 5 aromatic rings. The van der Waals surface area contributed by atoms with Gasteiger partial charge in [0.05, 0.1) is 0 Å². The zero-order chi connectivity index (χ0) is 43.0. The van der Waals surface area contributed by atoms with Crippen molar-refractivity contribution in [3.8, 4) is 22.3 Å². The van der Waals surface area contributed by atoms with E-state index in [2.05, 4.69) is 229 Å². The van der Waals surface area contributed by atoms with E-state index in [1.165, 1.54) is 93.9 Å². The first-order valence-corrected chi connectivity index (χ1v) is 22.7. The van der Waals surface area contributed by atoms with Crippen LogP contribution in [-0.4, -0.2) is 0 Å². The molecular weight excluding hydrogens is 745 g/mol. The van der Waals surface area contributed by atoms with Gasteiger partial charge in [-0.25, -0.2) is 0 Å². The summed E-state index contributed by atoms with van der Waals surface area (Å²) in [6.07, 6.45) is 39.6. The molecule has 0 bridgehead atoms. The third-order valence-electron chi connectivity index (χ3n) is 12.7. The molecule has 5 aromatic carbocycles. The molecule has 3 aliphatic rings. The first-order chi connectivity index (χ1) is 30.3.